The normalized spacial score (nSPS) is 14.0. The third-order valence-electron chi connectivity index (χ3n) is 3.04. The number of urea groups is 1. The van der Waals surface area contributed by atoms with Crippen molar-refractivity contribution in [2.45, 2.75) is 12.8 Å². The molecule has 6 heteroatoms. The standard InChI is InChI=1S/C13H15FN2O3/c1-16(7-8-5-6-8)13(19)15-10-4-2-3-9(14)11(10)12(17)18/h2-4,8H,5-7H2,1H3,(H,15,19)(H,17,18). The summed E-state index contributed by atoms with van der Waals surface area (Å²) in [5, 5.41) is 11.4. The van der Waals surface area contributed by atoms with Gasteiger partial charge in [-0.15, -0.1) is 0 Å². The second kappa shape index (κ2) is 5.26. The van der Waals surface area contributed by atoms with Crippen molar-refractivity contribution in [1.29, 1.82) is 0 Å². The first-order valence-electron chi connectivity index (χ1n) is 6.03. The van der Waals surface area contributed by atoms with Crippen LogP contribution in [0.1, 0.15) is 23.2 Å². The molecule has 2 rings (SSSR count). The quantitative estimate of drug-likeness (QED) is 0.879. The van der Waals surface area contributed by atoms with E-state index < -0.39 is 23.4 Å². The zero-order chi connectivity index (χ0) is 14.0. The molecule has 102 valence electrons. The number of aromatic carboxylic acids is 1. The summed E-state index contributed by atoms with van der Waals surface area (Å²) in [6, 6.07) is 3.35. The maximum Gasteiger partial charge on any atom is 0.340 e. The lowest BCUT2D eigenvalue weighted by Gasteiger charge is -2.18. The molecule has 1 saturated carbocycles. The van der Waals surface area contributed by atoms with Gasteiger partial charge in [-0.05, 0) is 30.9 Å². The van der Waals surface area contributed by atoms with Crippen LogP contribution in [-0.4, -0.2) is 35.6 Å². The fourth-order valence-corrected chi connectivity index (χ4v) is 1.83. The first-order valence-corrected chi connectivity index (χ1v) is 6.03. The van der Waals surface area contributed by atoms with E-state index in [1.54, 1.807) is 7.05 Å². The lowest BCUT2D eigenvalue weighted by molar-refractivity contribution is 0.0693. The van der Waals surface area contributed by atoms with Gasteiger partial charge in [-0.25, -0.2) is 14.0 Å². The van der Waals surface area contributed by atoms with Gasteiger partial charge in [-0.3, -0.25) is 0 Å². The van der Waals surface area contributed by atoms with E-state index >= 15 is 0 Å². The number of hydrogen-bond donors (Lipinski definition) is 2. The highest BCUT2D eigenvalue weighted by Crippen LogP contribution is 2.29. The van der Waals surface area contributed by atoms with Gasteiger partial charge in [0, 0.05) is 13.6 Å². The third-order valence-corrected chi connectivity index (χ3v) is 3.04. The van der Waals surface area contributed by atoms with Gasteiger partial charge >= 0.3 is 12.0 Å². The van der Waals surface area contributed by atoms with Crippen LogP contribution in [0.2, 0.25) is 0 Å². The fourth-order valence-electron chi connectivity index (χ4n) is 1.83. The Balaban J connectivity index is 2.11. The number of hydrogen-bond acceptors (Lipinski definition) is 2. The number of anilines is 1. The number of carbonyl (C=O) groups excluding carboxylic acids is 1. The number of rotatable bonds is 4. The van der Waals surface area contributed by atoms with E-state index in [1.807, 2.05) is 0 Å². The van der Waals surface area contributed by atoms with Crippen LogP contribution in [0.15, 0.2) is 18.2 Å². The Kier molecular flexibility index (Phi) is 3.69. The van der Waals surface area contributed by atoms with Gasteiger partial charge in [0.15, 0.2) is 0 Å². The molecule has 2 N–H and O–H groups in total. The van der Waals surface area contributed by atoms with Crippen LogP contribution in [0.25, 0.3) is 0 Å². The van der Waals surface area contributed by atoms with E-state index in [0.29, 0.717) is 12.5 Å². The van der Waals surface area contributed by atoms with Crippen LogP contribution in [0.3, 0.4) is 0 Å². The van der Waals surface area contributed by atoms with Crippen molar-refractivity contribution in [2.75, 3.05) is 18.9 Å². The lowest BCUT2D eigenvalue weighted by atomic mass is 10.1. The summed E-state index contributed by atoms with van der Waals surface area (Å²) in [6.07, 6.45) is 2.22. The topological polar surface area (TPSA) is 69.6 Å². The summed E-state index contributed by atoms with van der Waals surface area (Å²) < 4.78 is 13.4. The number of nitrogens with one attached hydrogen (secondary N) is 1. The van der Waals surface area contributed by atoms with E-state index in [4.69, 9.17) is 5.11 Å². The van der Waals surface area contributed by atoms with Crippen molar-refractivity contribution in [1.82, 2.24) is 4.90 Å². The third kappa shape index (κ3) is 3.21. The van der Waals surface area contributed by atoms with Crippen LogP contribution in [0, 0.1) is 11.7 Å². The molecule has 1 fully saturated rings. The molecule has 0 saturated heterocycles. The average Bonchev–Trinajstić information content (AvgIpc) is 3.12. The number of benzene rings is 1. The summed E-state index contributed by atoms with van der Waals surface area (Å²) in [7, 11) is 1.63. The Labute approximate surface area is 110 Å². The SMILES string of the molecule is CN(CC1CC1)C(=O)Nc1cccc(F)c1C(=O)O. The molecule has 5 nitrogen and oxygen atoms in total. The van der Waals surface area contributed by atoms with Crippen molar-refractivity contribution < 1.29 is 19.1 Å². The summed E-state index contributed by atoms with van der Waals surface area (Å²) >= 11 is 0. The molecule has 1 aliphatic rings. The van der Waals surface area contributed by atoms with Crippen LogP contribution < -0.4 is 5.32 Å². The molecule has 2 amide bonds. The Hall–Kier alpha value is -2.11. The molecule has 1 aromatic rings. The van der Waals surface area contributed by atoms with Gasteiger partial charge in [0.2, 0.25) is 0 Å². The maximum atomic E-state index is 13.4. The smallest absolute Gasteiger partial charge is 0.340 e. The molecule has 0 aromatic heterocycles. The summed E-state index contributed by atoms with van der Waals surface area (Å²) in [5.41, 5.74) is -0.546. The van der Waals surface area contributed by atoms with Gasteiger partial charge in [-0.2, -0.15) is 0 Å². The minimum atomic E-state index is -1.40. The highest BCUT2D eigenvalue weighted by Gasteiger charge is 2.25. The Bertz CT molecular complexity index is 515. The summed E-state index contributed by atoms with van der Waals surface area (Å²) in [4.78, 5) is 24.3. The van der Waals surface area contributed by atoms with E-state index in [0.717, 1.165) is 18.9 Å². The number of carbonyl (C=O) groups is 2. The largest absolute Gasteiger partial charge is 0.478 e. The zero-order valence-corrected chi connectivity index (χ0v) is 10.5. The molecule has 0 bridgehead atoms. The molecular formula is C13H15FN2O3. The first-order chi connectivity index (χ1) is 8.99. The van der Waals surface area contributed by atoms with E-state index in [9.17, 15) is 14.0 Å². The predicted molar refractivity (Wildman–Crippen MR) is 67.7 cm³/mol. The molecule has 19 heavy (non-hydrogen) atoms. The summed E-state index contributed by atoms with van der Waals surface area (Å²) in [5.74, 6) is -1.74. The van der Waals surface area contributed by atoms with Gasteiger partial charge in [-0.1, -0.05) is 6.07 Å². The Morgan fingerprint density at radius 3 is 2.74 bits per heavy atom. The number of amides is 2. The van der Waals surface area contributed by atoms with E-state index in [1.165, 1.54) is 17.0 Å². The van der Waals surface area contributed by atoms with Crippen LogP contribution in [0.4, 0.5) is 14.9 Å². The molecule has 0 radical (unpaired) electrons. The Morgan fingerprint density at radius 1 is 1.47 bits per heavy atom. The second-order valence-corrected chi connectivity index (χ2v) is 4.72. The number of halogens is 1. The zero-order valence-electron chi connectivity index (χ0n) is 10.5. The minimum absolute atomic E-state index is 0.0276. The van der Waals surface area contributed by atoms with Gasteiger partial charge in [0.25, 0.3) is 0 Å². The highest BCUT2D eigenvalue weighted by molar-refractivity contribution is 6.00. The van der Waals surface area contributed by atoms with Crippen molar-refractivity contribution in [2.24, 2.45) is 5.92 Å². The lowest BCUT2D eigenvalue weighted by Crippen LogP contribution is -2.33. The number of carboxylic acids is 1. The van der Waals surface area contributed by atoms with Crippen molar-refractivity contribution in [3.05, 3.63) is 29.6 Å². The number of carboxylic acid groups (broad SMARTS) is 1. The highest BCUT2D eigenvalue weighted by atomic mass is 19.1. The van der Waals surface area contributed by atoms with Crippen LogP contribution >= 0.6 is 0 Å². The molecule has 0 aliphatic heterocycles. The van der Waals surface area contributed by atoms with Gasteiger partial charge in [0.05, 0.1) is 5.69 Å². The van der Waals surface area contributed by atoms with Crippen molar-refractivity contribution >= 4 is 17.7 Å². The monoisotopic (exact) mass is 266 g/mol. The molecule has 1 aromatic carbocycles. The molecular weight excluding hydrogens is 251 g/mol. The molecule has 0 atom stereocenters. The average molecular weight is 266 g/mol. The van der Waals surface area contributed by atoms with E-state index in [2.05, 4.69) is 5.32 Å². The minimum Gasteiger partial charge on any atom is -0.478 e. The molecule has 0 spiro atoms. The molecule has 0 heterocycles. The summed E-state index contributed by atoms with van der Waals surface area (Å²) in [6.45, 7) is 0.629. The van der Waals surface area contributed by atoms with E-state index in [-0.39, 0.29) is 5.69 Å². The Morgan fingerprint density at radius 2 is 2.16 bits per heavy atom. The number of nitrogens with zero attached hydrogens (tertiary/aromatic N) is 1. The second-order valence-electron chi connectivity index (χ2n) is 4.72. The fraction of sp³-hybridized carbons (Fsp3) is 0.385. The molecule has 1 aliphatic carbocycles. The van der Waals surface area contributed by atoms with Crippen LogP contribution in [0.5, 0.6) is 0 Å². The predicted octanol–water partition coefficient (Wildman–Crippen LogP) is 2.40. The van der Waals surface area contributed by atoms with Crippen molar-refractivity contribution in [3.8, 4) is 0 Å². The van der Waals surface area contributed by atoms with Gasteiger partial charge < -0.3 is 15.3 Å². The van der Waals surface area contributed by atoms with Crippen molar-refractivity contribution in [3.63, 3.8) is 0 Å². The maximum absolute atomic E-state index is 13.4. The van der Waals surface area contributed by atoms with Crippen LogP contribution in [-0.2, 0) is 0 Å². The van der Waals surface area contributed by atoms with Gasteiger partial charge in [0.1, 0.15) is 11.4 Å². The molecule has 0 unspecified atom stereocenters. The first kappa shape index (κ1) is 13.3.